The number of benzene rings is 2. The molecule has 0 spiro atoms. The molecule has 0 aromatic heterocycles. The Morgan fingerprint density at radius 2 is 1.70 bits per heavy atom. The number of ether oxygens (including phenoxy) is 1. The summed E-state index contributed by atoms with van der Waals surface area (Å²) in [4.78, 5) is 28.4. The van der Waals surface area contributed by atoms with Crippen molar-refractivity contribution in [1.29, 1.82) is 0 Å². The number of piperazine rings is 1. The minimum absolute atomic E-state index is 0. The summed E-state index contributed by atoms with van der Waals surface area (Å²) in [6, 6.07) is 7.84. The molecule has 1 fully saturated rings. The monoisotopic (exact) mass is 483 g/mol. The van der Waals surface area contributed by atoms with Crippen LogP contribution < -0.4 is 9.46 Å². The second kappa shape index (κ2) is 10.2. The first kappa shape index (κ1) is 24.4. The van der Waals surface area contributed by atoms with E-state index in [2.05, 4.69) is 4.72 Å². The highest BCUT2D eigenvalue weighted by molar-refractivity contribution is 7.92. The molecule has 11 heteroatoms. The molecule has 0 atom stereocenters. The Morgan fingerprint density at radius 1 is 1.06 bits per heavy atom. The minimum atomic E-state index is -3.53. The van der Waals surface area contributed by atoms with Crippen molar-refractivity contribution in [3.8, 4) is 5.75 Å². The number of nitrogens with one attached hydrogen (secondary N) is 1. The zero-order chi connectivity index (χ0) is 24.2. The summed E-state index contributed by atoms with van der Waals surface area (Å²) >= 11 is 0. The van der Waals surface area contributed by atoms with E-state index >= 15 is 0 Å². The van der Waals surface area contributed by atoms with Gasteiger partial charge in [-0.2, -0.15) is 0 Å². The largest absolute Gasteiger partial charge is 0.495 e. The van der Waals surface area contributed by atoms with Crippen LogP contribution in [0.5, 0.6) is 5.75 Å². The number of rotatable bonds is 7. The second-order valence-electron chi connectivity index (χ2n) is 7.52. The zero-order valence-electron chi connectivity index (χ0n) is 18.3. The SMILES string of the molecule is CCCS(=O)(=O)Nc1ccc(C(=O)N2CCN(C(=O)c3cccc(F)c3F)CC2)cc1OC.[HH]. The number of sulfonamides is 1. The number of hydrogen-bond acceptors (Lipinski definition) is 5. The van der Waals surface area contributed by atoms with E-state index in [1.807, 2.05) is 0 Å². The molecule has 3 rings (SSSR count). The van der Waals surface area contributed by atoms with Crippen LogP contribution >= 0.6 is 0 Å². The first-order valence-corrected chi connectivity index (χ1v) is 12.0. The molecule has 1 heterocycles. The number of carbonyl (C=O) groups is 2. The van der Waals surface area contributed by atoms with Crippen molar-refractivity contribution in [3.63, 3.8) is 0 Å². The van der Waals surface area contributed by atoms with Gasteiger partial charge in [0.2, 0.25) is 10.0 Å². The molecule has 0 saturated carbocycles. The Kier molecular flexibility index (Phi) is 7.52. The highest BCUT2D eigenvalue weighted by Gasteiger charge is 2.28. The van der Waals surface area contributed by atoms with E-state index in [4.69, 9.17) is 4.74 Å². The summed E-state index contributed by atoms with van der Waals surface area (Å²) in [6.07, 6.45) is 0.453. The third kappa shape index (κ3) is 5.59. The highest BCUT2D eigenvalue weighted by Crippen LogP contribution is 2.27. The van der Waals surface area contributed by atoms with E-state index in [0.29, 0.717) is 12.0 Å². The maximum Gasteiger partial charge on any atom is 0.257 e. The third-order valence-electron chi connectivity index (χ3n) is 5.22. The fourth-order valence-electron chi connectivity index (χ4n) is 3.53. The Hall–Kier alpha value is -3.21. The molecule has 0 aliphatic carbocycles. The van der Waals surface area contributed by atoms with E-state index in [1.54, 1.807) is 6.92 Å². The Morgan fingerprint density at radius 3 is 2.30 bits per heavy atom. The van der Waals surface area contributed by atoms with Crippen molar-refractivity contribution in [2.75, 3.05) is 43.8 Å². The summed E-state index contributed by atoms with van der Waals surface area (Å²) in [6.45, 7) is 2.47. The molecule has 180 valence electrons. The quantitative estimate of drug-likeness (QED) is 0.653. The molecule has 1 aliphatic heterocycles. The van der Waals surface area contributed by atoms with Crippen LogP contribution in [0.25, 0.3) is 0 Å². The number of anilines is 1. The van der Waals surface area contributed by atoms with Crippen molar-refractivity contribution in [2.24, 2.45) is 0 Å². The van der Waals surface area contributed by atoms with Crippen LogP contribution in [0.2, 0.25) is 0 Å². The van der Waals surface area contributed by atoms with Crippen LogP contribution in [-0.4, -0.2) is 69.1 Å². The zero-order valence-corrected chi connectivity index (χ0v) is 19.1. The number of methoxy groups -OCH3 is 1. The lowest BCUT2D eigenvalue weighted by atomic mass is 10.1. The first-order chi connectivity index (χ1) is 15.7. The molecule has 2 aromatic rings. The van der Waals surface area contributed by atoms with Gasteiger partial charge in [0.25, 0.3) is 11.8 Å². The Bertz CT molecular complexity index is 1160. The average molecular weight is 484 g/mol. The molecular formula is C22H27F2N3O5S. The number of nitrogens with zero attached hydrogens (tertiary/aromatic N) is 2. The molecule has 1 aliphatic rings. The van der Waals surface area contributed by atoms with Gasteiger partial charge in [-0.15, -0.1) is 0 Å². The predicted molar refractivity (Wildman–Crippen MR) is 121 cm³/mol. The van der Waals surface area contributed by atoms with Gasteiger partial charge < -0.3 is 14.5 Å². The van der Waals surface area contributed by atoms with E-state index in [1.165, 1.54) is 47.2 Å². The molecule has 2 amide bonds. The smallest absolute Gasteiger partial charge is 0.257 e. The van der Waals surface area contributed by atoms with Crippen molar-refractivity contribution >= 4 is 27.5 Å². The lowest BCUT2D eigenvalue weighted by molar-refractivity contribution is 0.0532. The molecule has 2 aromatic carbocycles. The van der Waals surface area contributed by atoms with Crippen molar-refractivity contribution in [1.82, 2.24) is 9.80 Å². The number of amides is 2. The van der Waals surface area contributed by atoms with Crippen molar-refractivity contribution in [2.45, 2.75) is 13.3 Å². The molecule has 1 saturated heterocycles. The fraction of sp³-hybridized carbons (Fsp3) is 0.364. The van der Waals surface area contributed by atoms with Crippen LogP contribution in [0, 0.1) is 11.6 Å². The van der Waals surface area contributed by atoms with Gasteiger partial charge in [0.15, 0.2) is 11.6 Å². The van der Waals surface area contributed by atoms with E-state index in [9.17, 15) is 26.8 Å². The average Bonchev–Trinajstić information content (AvgIpc) is 2.80. The summed E-state index contributed by atoms with van der Waals surface area (Å²) < 4.78 is 59.2. The summed E-state index contributed by atoms with van der Waals surface area (Å²) in [5.41, 5.74) is 0.178. The Balaban J connectivity index is 0.00000408. The van der Waals surface area contributed by atoms with Crippen LogP contribution in [0.3, 0.4) is 0 Å². The van der Waals surface area contributed by atoms with Gasteiger partial charge in [-0.05, 0) is 36.8 Å². The highest BCUT2D eigenvalue weighted by atomic mass is 32.2. The van der Waals surface area contributed by atoms with Crippen LogP contribution in [0.1, 0.15) is 35.5 Å². The van der Waals surface area contributed by atoms with Gasteiger partial charge in [0.05, 0.1) is 24.1 Å². The van der Waals surface area contributed by atoms with Crippen molar-refractivity contribution < 1.29 is 33.0 Å². The van der Waals surface area contributed by atoms with Gasteiger partial charge in [-0.3, -0.25) is 14.3 Å². The molecule has 0 unspecified atom stereocenters. The Labute approximate surface area is 192 Å². The first-order valence-electron chi connectivity index (χ1n) is 10.4. The molecule has 8 nitrogen and oxygen atoms in total. The molecular weight excluding hydrogens is 456 g/mol. The minimum Gasteiger partial charge on any atom is -0.495 e. The molecule has 33 heavy (non-hydrogen) atoms. The fourth-order valence-corrected chi connectivity index (χ4v) is 4.67. The maximum atomic E-state index is 13.9. The topological polar surface area (TPSA) is 96.0 Å². The van der Waals surface area contributed by atoms with E-state index < -0.39 is 27.6 Å². The lowest BCUT2D eigenvalue weighted by Gasteiger charge is -2.35. The van der Waals surface area contributed by atoms with Gasteiger partial charge >= 0.3 is 0 Å². The standard InChI is InChI=1S/C22H25F2N3O5S.H2/c1-3-13-33(30,31)25-18-8-7-15(14-19(18)32-2)21(28)26-9-11-27(12-10-26)22(29)16-5-4-6-17(23)20(16)24;/h4-8,14,25H,3,9-13H2,1-2H3;1H. The third-order valence-corrected chi connectivity index (χ3v) is 6.70. The summed E-state index contributed by atoms with van der Waals surface area (Å²) in [5.74, 6) is -3.08. The molecule has 1 N–H and O–H groups in total. The summed E-state index contributed by atoms with van der Waals surface area (Å²) in [7, 11) is -2.15. The van der Waals surface area contributed by atoms with E-state index in [0.717, 1.165) is 6.07 Å². The normalized spacial score (nSPS) is 14.2. The van der Waals surface area contributed by atoms with Crippen LogP contribution in [0.4, 0.5) is 14.5 Å². The van der Waals surface area contributed by atoms with Crippen molar-refractivity contribution in [3.05, 3.63) is 59.2 Å². The van der Waals surface area contributed by atoms with Crippen LogP contribution in [-0.2, 0) is 10.0 Å². The van der Waals surface area contributed by atoms with Gasteiger partial charge in [0, 0.05) is 33.2 Å². The maximum absolute atomic E-state index is 13.9. The molecule has 0 radical (unpaired) electrons. The van der Waals surface area contributed by atoms with E-state index in [-0.39, 0.29) is 56.3 Å². The van der Waals surface area contributed by atoms with Gasteiger partial charge in [-0.25, -0.2) is 17.2 Å². The van der Waals surface area contributed by atoms with Gasteiger partial charge in [0.1, 0.15) is 5.75 Å². The lowest BCUT2D eigenvalue weighted by Crippen LogP contribution is -2.50. The number of carbonyl (C=O) groups excluding carboxylic acids is 2. The predicted octanol–water partition coefficient (Wildman–Crippen LogP) is 2.97. The van der Waals surface area contributed by atoms with Crippen LogP contribution in [0.15, 0.2) is 36.4 Å². The van der Waals surface area contributed by atoms with Gasteiger partial charge in [-0.1, -0.05) is 13.0 Å². The number of hydrogen-bond donors (Lipinski definition) is 1. The number of halogens is 2. The second-order valence-corrected chi connectivity index (χ2v) is 9.36. The summed E-state index contributed by atoms with van der Waals surface area (Å²) in [5, 5.41) is 0. The molecule has 0 bridgehead atoms.